The van der Waals surface area contributed by atoms with Crippen LogP contribution in [0.4, 0.5) is 5.69 Å². The van der Waals surface area contributed by atoms with Crippen molar-refractivity contribution < 1.29 is 14.7 Å². The number of hydrogen-bond donors (Lipinski definition) is 2. The maximum atomic E-state index is 12.2. The quantitative estimate of drug-likeness (QED) is 0.511. The molecule has 0 spiro atoms. The predicted octanol–water partition coefficient (Wildman–Crippen LogP) is 5.15. The van der Waals surface area contributed by atoms with E-state index in [1.54, 1.807) is 28.8 Å². The maximum Gasteiger partial charge on any atom is 0.283 e. The van der Waals surface area contributed by atoms with Gasteiger partial charge in [0.2, 0.25) is 5.88 Å². The molecule has 0 saturated carbocycles. The molecule has 2 amide bonds. The molecule has 0 aliphatic rings. The second-order valence-corrected chi connectivity index (χ2v) is 7.36. The summed E-state index contributed by atoms with van der Waals surface area (Å²) in [7, 11) is 0. The molecule has 0 radical (unpaired) electrons. The Balaban J connectivity index is 1.77. The van der Waals surface area contributed by atoms with Crippen LogP contribution in [0.25, 0.3) is 10.9 Å². The number of aromatic hydroxyl groups is 1. The second-order valence-electron chi connectivity index (χ2n) is 6.95. The molecule has 0 atom stereocenters. The molecule has 0 aliphatic heterocycles. The van der Waals surface area contributed by atoms with Gasteiger partial charge < -0.3 is 15.0 Å². The van der Waals surface area contributed by atoms with Crippen molar-refractivity contribution in [3.63, 3.8) is 0 Å². The van der Waals surface area contributed by atoms with Crippen molar-refractivity contribution in [3.05, 3.63) is 58.6 Å². The van der Waals surface area contributed by atoms with Gasteiger partial charge in [-0.2, -0.15) is 0 Å². The highest BCUT2D eigenvalue weighted by Crippen LogP contribution is 2.39. The average Bonchev–Trinajstić information content (AvgIpc) is 2.99. The number of benzene rings is 2. The third-order valence-electron chi connectivity index (χ3n) is 4.68. The Labute approximate surface area is 179 Å². The number of hydrogen-bond acceptors (Lipinski definition) is 4. The van der Waals surface area contributed by atoms with Crippen molar-refractivity contribution in [3.8, 4) is 5.88 Å². The molecule has 3 rings (SSSR count). The van der Waals surface area contributed by atoms with Gasteiger partial charge in [0.25, 0.3) is 11.8 Å². The van der Waals surface area contributed by atoms with Crippen LogP contribution in [0.15, 0.2) is 52.7 Å². The fraction of sp³-hybridized carbons (Fsp3) is 0.273. The van der Waals surface area contributed by atoms with E-state index in [1.165, 1.54) is 0 Å². The summed E-state index contributed by atoms with van der Waals surface area (Å²) >= 11 is 5.98. The zero-order chi connectivity index (χ0) is 21.7. The maximum absolute atomic E-state index is 12.2. The monoisotopic (exact) mass is 426 g/mol. The van der Waals surface area contributed by atoms with E-state index in [-0.39, 0.29) is 23.7 Å². The van der Waals surface area contributed by atoms with Gasteiger partial charge in [0.1, 0.15) is 6.54 Å². The third kappa shape index (κ3) is 4.68. The fourth-order valence-electron chi connectivity index (χ4n) is 3.12. The summed E-state index contributed by atoms with van der Waals surface area (Å²) in [5.74, 6) is -1.14. The number of halogens is 1. The molecule has 0 fully saturated rings. The molecule has 0 bridgehead atoms. The Morgan fingerprint density at radius 2 is 1.97 bits per heavy atom. The Hall–Kier alpha value is -3.19. The van der Waals surface area contributed by atoms with Crippen LogP contribution in [0.1, 0.15) is 35.7 Å². The van der Waals surface area contributed by atoms with Crippen molar-refractivity contribution in [1.82, 2.24) is 9.88 Å². The Bertz CT molecular complexity index is 1120. The fourth-order valence-corrected chi connectivity index (χ4v) is 3.34. The SMILES string of the molecule is CCCCn1c(O)c(N=NC(=O)CNC(=O)c2ccccc2Cl)c2cc(C)ccc21. The van der Waals surface area contributed by atoms with E-state index >= 15 is 0 Å². The van der Waals surface area contributed by atoms with Gasteiger partial charge in [-0.15, -0.1) is 10.2 Å². The first-order valence-corrected chi connectivity index (χ1v) is 10.1. The van der Waals surface area contributed by atoms with Gasteiger partial charge in [0.05, 0.1) is 16.1 Å². The first-order valence-electron chi connectivity index (χ1n) is 9.71. The van der Waals surface area contributed by atoms with Gasteiger partial charge in [0.15, 0.2) is 5.69 Å². The van der Waals surface area contributed by atoms with Crippen LogP contribution >= 0.6 is 11.6 Å². The second kappa shape index (κ2) is 9.54. The smallest absolute Gasteiger partial charge is 0.283 e. The van der Waals surface area contributed by atoms with Crippen LogP contribution < -0.4 is 5.32 Å². The third-order valence-corrected chi connectivity index (χ3v) is 5.01. The molecule has 0 unspecified atom stereocenters. The molecule has 156 valence electrons. The minimum atomic E-state index is -0.642. The summed E-state index contributed by atoms with van der Waals surface area (Å²) in [5, 5.41) is 21.8. The number of nitrogens with zero attached hydrogens (tertiary/aromatic N) is 3. The van der Waals surface area contributed by atoms with Crippen LogP contribution in [0.3, 0.4) is 0 Å². The number of azo groups is 1. The largest absolute Gasteiger partial charge is 0.493 e. The normalized spacial score (nSPS) is 11.3. The van der Waals surface area contributed by atoms with E-state index < -0.39 is 11.8 Å². The lowest BCUT2D eigenvalue weighted by Gasteiger charge is -2.05. The minimum Gasteiger partial charge on any atom is -0.493 e. The van der Waals surface area contributed by atoms with Gasteiger partial charge in [-0.05, 0) is 37.6 Å². The van der Waals surface area contributed by atoms with Gasteiger partial charge in [-0.1, -0.05) is 48.7 Å². The molecule has 7 nitrogen and oxygen atoms in total. The number of nitrogens with one attached hydrogen (secondary N) is 1. The van der Waals surface area contributed by atoms with Gasteiger partial charge >= 0.3 is 0 Å². The summed E-state index contributed by atoms with van der Waals surface area (Å²) in [5.41, 5.74) is 2.36. The highest BCUT2D eigenvalue weighted by atomic mass is 35.5. The van der Waals surface area contributed by atoms with Crippen LogP contribution in [0.2, 0.25) is 5.02 Å². The van der Waals surface area contributed by atoms with Gasteiger partial charge in [-0.3, -0.25) is 9.59 Å². The number of aromatic nitrogens is 1. The standard InChI is InChI=1S/C22H23ClN4O3/c1-3-4-11-27-18-10-9-14(2)12-16(18)20(22(27)30)26-25-19(28)13-24-21(29)15-7-5-6-8-17(15)23/h5-10,12,30H,3-4,11,13H2,1-2H3,(H,24,29). The lowest BCUT2D eigenvalue weighted by Crippen LogP contribution is -2.28. The zero-order valence-corrected chi connectivity index (χ0v) is 17.6. The highest BCUT2D eigenvalue weighted by Gasteiger charge is 2.17. The van der Waals surface area contributed by atoms with E-state index in [0.29, 0.717) is 11.6 Å². The molecule has 1 heterocycles. The van der Waals surface area contributed by atoms with E-state index in [9.17, 15) is 14.7 Å². The molecule has 8 heteroatoms. The molecule has 0 aliphatic carbocycles. The average molecular weight is 427 g/mol. The van der Waals surface area contributed by atoms with Crippen LogP contribution in [0.5, 0.6) is 5.88 Å². The molecular formula is C22H23ClN4O3. The first kappa shape index (κ1) is 21.5. The van der Waals surface area contributed by atoms with E-state index in [1.807, 2.05) is 25.1 Å². The van der Waals surface area contributed by atoms with Crippen molar-refractivity contribution >= 4 is 40.0 Å². The molecule has 1 aromatic heterocycles. The number of carbonyl (C=O) groups excluding carboxylic acids is 2. The van der Waals surface area contributed by atoms with Crippen molar-refractivity contribution in [2.45, 2.75) is 33.2 Å². The lowest BCUT2D eigenvalue weighted by atomic mass is 10.1. The highest BCUT2D eigenvalue weighted by molar-refractivity contribution is 6.33. The first-order chi connectivity index (χ1) is 14.4. The topological polar surface area (TPSA) is 96.0 Å². The summed E-state index contributed by atoms with van der Waals surface area (Å²) < 4.78 is 1.77. The van der Waals surface area contributed by atoms with Crippen molar-refractivity contribution in [1.29, 1.82) is 0 Å². The zero-order valence-electron chi connectivity index (χ0n) is 16.9. The number of unbranched alkanes of at least 4 members (excludes halogenated alkanes) is 1. The Kier molecular flexibility index (Phi) is 6.84. The Morgan fingerprint density at radius 1 is 1.20 bits per heavy atom. The lowest BCUT2D eigenvalue weighted by molar-refractivity contribution is -0.117. The molecule has 0 saturated heterocycles. The molecule has 2 N–H and O–H groups in total. The summed E-state index contributed by atoms with van der Waals surface area (Å²) in [6, 6.07) is 12.3. The number of rotatable bonds is 7. The number of fused-ring (bicyclic) bond motifs is 1. The van der Waals surface area contributed by atoms with E-state index in [0.717, 1.165) is 29.3 Å². The van der Waals surface area contributed by atoms with Crippen molar-refractivity contribution in [2.24, 2.45) is 10.2 Å². The minimum absolute atomic E-state index is 0.0271. The number of amides is 2. The summed E-state index contributed by atoms with van der Waals surface area (Å²) in [6.45, 7) is 4.32. The van der Waals surface area contributed by atoms with Gasteiger partial charge in [-0.25, -0.2) is 0 Å². The van der Waals surface area contributed by atoms with Crippen LogP contribution in [0, 0.1) is 6.92 Å². The summed E-state index contributed by atoms with van der Waals surface area (Å²) in [4.78, 5) is 24.3. The predicted molar refractivity (Wildman–Crippen MR) is 117 cm³/mol. The van der Waals surface area contributed by atoms with Crippen LogP contribution in [-0.4, -0.2) is 28.0 Å². The summed E-state index contributed by atoms with van der Waals surface area (Å²) in [6.07, 6.45) is 1.88. The van der Waals surface area contributed by atoms with E-state index in [4.69, 9.17) is 11.6 Å². The number of carbonyl (C=O) groups is 2. The molecule has 2 aromatic carbocycles. The molecule has 30 heavy (non-hydrogen) atoms. The van der Waals surface area contributed by atoms with Crippen LogP contribution in [-0.2, 0) is 11.3 Å². The number of aryl methyl sites for hydroxylation is 2. The molecular weight excluding hydrogens is 404 g/mol. The molecule has 3 aromatic rings. The van der Waals surface area contributed by atoms with Crippen molar-refractivity contribution in [2.75, 3.05) is 6.54 Å². The Morgan fingerprint density at radius 3 is 2.70 bits per heavy atom. The van der Waals surface area contributed by atoms with Gasteiger partial charge in [0, 0.05) is 11.9 Å². The van der Waals surface area contributed by atoms with E-state index in [2.05, 4.69) is 22.5 Å².